The Kier molecular flexibility index (Phi) is 6.75. The maximum Gasteiger partial charge on any atom is 0.336 e. The normalized spacial score (nSPS) is 11.4. The van der Waals surface area contributed by atoms with E-state index in [4.69, 9.17) is 9.73 Å². The first-order chi connectivity index (χ1) is 12.1. The number of unbranched alkanes of at least 4 members (excludes halogenated alkanes) is 1. The van der Waals surface area contributed by atoms with Gasteiger partial charge in [-0.05, 0) is 43.5 Å². The van der Waals surface area contributed by atoms with Crippen LogP contribution in [0.2, 0.25) is 0 Å². The number of para-hydroxylation sites is 1. The van der Waals surface area contributed by atoms with Crippen molar-refractivity contribution in [1.29, 1.82) is 0 Å². The van der Waals surface area contributed by atoms with Gasteiger partial charge in [-0.25, -0.2) is 4.79 Å². The van der Waals surface area contributed by atoms with Gasteiger partial charge in [0.2, 0.25) is 0 Å². The molecule has 0 aliphatic heterocycles. The molecule has 4 nitrogen and oxygen atoms in total. The van der Waals surface area contributed by atoms with Crippen LogP contribution in [0.4, 0.5) is 5.69 Å². The van der Waals surface area contributed by atoms with Crippen LogP contribution < -0.4 is 4.74 Å². The molecule has 0 spiro atoms. The number of benzene rings is 2. The van der Waals surface area contributed by atoms with Crippen LogP contribution in [0.5, 0.6) is 5.75 Å². The highest BCUT2D eigenvalue weighted by Gasteiger charge is 2.21. The number of aromatic carboxylic acids is 1. The zero-order chi connectivity index (χ0) is 18.2. The lowest BCUT2D eigenvalue weighted by molar-refractivity contribution is 0.0696. The second kappa shape index (κ2) is 9.02. The van der Waals surface area contributed by atoms with Crippen LogP contribution in [-0.4, -0.2) is 23.9 Å². The zero-order valence-corrected chi connectivity index (χ0v) is 15.1. The average molecular weight is 339 g/mol. The Bertz CT molecular complexity index is 751. The number of aliphatic imine (C=N–C) groups is 1. The van der Waals surface area contributed by atoms with E-state index in [1.165, 1.54) is 0 Å². The lowest BCUT2D eigenvalue weighted by atomic mass is 9.91. The number of carbonyl (C=O) groups is 1. The minimum atomic E-state index is -0.940. The fraction of sp³-hybridized carbons (Fsp3) is 0.333. The third kappa shape index (κ3) is 4.47. The molecular weight excluding hydrogens is 314 g/mol. The van der Waals surface area contributed by atoms with Crippen molar-refractivity contribution in [3.63, 3.8) is 0 Å². The summed E-state index contributed by atoms with van der Waals surface area (Å²) in [5, 5.41) is 9.69. The maximum absolute atomic E-state index is 11.8. The van der Waals surface area contributed by atoms with Gasteiger partial charge in [-0.3, -0.25) is 4.99 Å². The van der Waals surface area contributed by atoms with E-state index in [0.29, 0.717) is 17.7 Å². The van der Waals surface area contributed by atoms with Crippen molar-refractivity contribution in [2.24, 2.45) is 4.99 Å². The third-order valence-electron chi connectivity index (χ3n) is 4.15. The summed E-state index contributed by atoms with van der Waals surface area (Å²) in [5.41, 5.74) is 3.51. The SMILES string of the molecule is CCCCC(=Nc1ccccc1)c1c(C(=O)O)ccc(OC)c1CC. The Balaban J connectivity index is 2.70. The van der Waals surface area contributed by atoms with Gasteiger partial charge >= 0.3 is 5.97 Å². The number of hydrogen-bond acceptors (Lipinski definition) is 3. The quantitative estimate of drug-likeness (QED) is 0.667. The van der Waals surface area contributed by atoms with Crippen LogP contribution in [-0.2, 0) is 6.42 Å². The number of nitrogens with zero attached hydrogens (tertiary/aromatic N) is 1. The number of carboxylic acids is 1. The molecule has 0 aliphatic carbocycles. The predicted molar refractivity (Wildman–Crippen MR) is 101 cm³/mol. The number of methoxy groups -OCH3 is 1. The van der Waals surface area contributed by atoms with E-state index >= 15 is 0 Å². The molecule has 0 bridgehead atoms. The Labute approximate surface area is 149 Å². The highest BCUT2D eigenvalue weighted by molar-refractivity contribution is 6.11. The Hall–Kier alpha value is -2.62. The summed E-state index contributed by atoms with van der Waals surface area (Å²) >= 11 is 0. The Morgan fingerprint density at radius 1 is 1.12 bits per heavy atom. The van der Waals surface area contributed by atoms with Crippen LogP contribution in [0, 0.1) is 0 Å². The third-order valence-corrected chi connectivity index (χ3v) is 4.15. The molecule has 2 rings (SSSR count). The lowest BCUT2D eigenvalue weighted by Crippen LogP contribution is -2.14. The van der Waals surface area contributed by atoms with Crippen LogP contribution in [0.3, 0.4) is 0 Å². The highest BCUT2D eigenvalue weighted by atomic mass is 16.5. The lowest BCUT2D eigenvalue weighted by Gasteiger charge is -2.17. The van der Waals surface area contributed by atoms with E-state index in [1.54, 1.807) is 19.2 Å². The van der Waals surface area contributed by atoms with E-state index in [1.807, 2.05) is 37.3 Å². The molecule has 0 heterocycles. The summed E-state index contributed by atoms with van der Waals surface area (Å²) in [6.45, 7) is 4.12. The van der Waals surface area contributed by atoms with Crippen LogP contribution in [0.1, 0.15) is 54.6 Å². The van der Waals surface area contributed by atoms with Gasteiger partial charge in [0.05, 0.1) is 18.4 Å². The molecule has 0 aromatic heterocycles. The predicted octanol–water partition coefficient (Wildman–Crippen LogP) is 5.27. The largest absolute Gasteiger partial charge is 0.496 e. The summed E-state index contributed by atoms with van der Waals surface area (Å²) in [7, 11) is 1.61. The fourth-order valence-corrected chi connectivity index (χ4v) is 2.92. The van der Waals surface area contributed by atoms with Crippen molar-refractivity contribution in [2.75, 3.05) is 7.11 Å². The summed E-state index contributed by atoms with van der Waals surface area (Å²) in [4.78, 5) is 16.6. The van der Waals surface area contributed by atoms with Gasteiger partial charge in [0.15, 0.2) is 0 Å². The van der Waals surface area contributed by atoms with Crippen molar-refractivity contribution >= 4 is 17.4 Å². The van der Waals surface area contributed by atoms with Crippen LogP contribution >= 0.6 is 0 Å². The van der Waals surface area contributed by atoms with Crippen molar-refractivity contribution < 1.29 is 14.6 Å². The van der Waals surface area contributed by atoms with Crippen molar-refractivity contribution in [2.45, 2.75) is 39.5 Å². The monoisotopic (exact) mass is 339 g/mol. The molecule has 1 N–H and O–H groups in total. The highest BCUT2D eigenvalue weighted by Crippen LogP contribution is 2.29. The van der Waals surface area contributed by atoms with Gasteiger partial charge in [-0.15, -0.1) is 0 Å². The summed E-state index contributed by atoms with van der Waals surface area (Å²) in [6, 6.07) is 13.0. The second-order valence-corrected chi connectivity index (χ2v) is 5.83. The van der Waals surface area contributed by atoms with Gasteiger partial charge in [-0.1, -0.05) is 38.5 Å². The molecule has 2 aromatic rings. The molecule has 0 saturated heterocycles. The van der Waals surface area contributed by atoms with Crippen molar-refractivity contribution in [1.82, 2.24) is 0 Å². The Morgan fingerprint density at radius 2 is 1.84 bits per heavy atom. The minimum absolute atomic E-state index is 0.281. The van der Waals surface area contributed by atoms with E-state index in [0.717, 1.165) is 36.2 Å². The molecule has 0 atom stereocenters. The van der Waals surface area contributed by atoms with Gasteiger partial charge in [-0.2, -0.15) is 0 Å². The summed E-state index contributed by atoms with van der Waals surface area (Å²) in [6.07, 6.45) is 3.37. The number of rotatable bonds is 8. The van der Waals surface area contributed by atoms with Gasteiger partial charge in [0, 0.05) is 16.8 Å². The summed E-state index contributed by atoms with van der Waals surface area (Å²) in [5.74, 6) is -0.232. The second-order valence-electron chi connectivity index (χ2n) is 5.83. The van der Waals surface area contributed by atoms with Gasteiger partial charge in [0.1, 0.15) is 5.75 Å². The smallest absolute Gasteiger partial charge is 0.336 e. The zero-order valence-electron chi connectivity index (χ0n) is 15.1. The average Bonchev–Trinajstić information content (AvgIpc) is 2.64. The number of carboxylic acid groups (broad SMARTS) is 1. The minimum Gasteiger partial charge on any atom is -0.496 e. The van der Waals surface area contributed by atoms with Crippen molar-refractivity contribution in [3.05, 3.63) is 59.2 Å². The molecule has 0 fully saturated rings. The van der Waals surface area contributed by atoms with Gasteiger partial charge < -0.3 is 9.84 Å². The van der Waals surface area contributed by atoms with Crippen molar-refractivity contribution in [3.8, 4) is 5.75 Å². The molecule has 0 saturated carbocycles. The van der Waals surface area contributed by atoms with E-state index in [-0.39, 0.29) is 5.56 Å². The molecule has 4 heteroatoms. The summed E-state index contributed by atoms with van der Waals surface area (Å²) < 4.78 is 5.47. The fourth-order valence-electron chi connectivity index (χ4n) is 2.92. The Morgan fingerprint density at radius 3 is 2.40 bits per heavy atom. The maximum atomic E-state index is 11.8. The van der Waals surface area contributed by atoms with Crippen LogP contribution in [0.25, 0.3) is 0 Å². The molecule has 25 heavy (non-hydrogen) atoms. The standard InChI is InChI=1S/C21H25NO3/c1-4-6-12-18(22-15-10-8-7-9-11-15)20-16(5-2)19(25-3)14-13-17(20)21(23)24/h7-11,13-14H,4-6,12H2,1-3H3,(H,23,24). The molecule has 0 unspecified atom stereocenters. The first-order valence-corrected chi connectivity index (χ1v) is 8.68. The number of ether oxygens (including phenoxy) is 1. The molecule has 0 aliphatic rings. The molecule has 132 valence electrons. The number of hydrogen-bond donors (Lipinski definition) is 1. The van der Waals surface area contributed by atoms with Crippen LogP contribution in [0.15, 0.2) is 47.5 Å². The molecule has 0 radical (unpaired) electrons. The molecular formula is C21H25NO3. The van der Waals surface area contributed by atoms with E-state index in [9.17, 15) is 9.90 Å². The topological polar surface area (TPSA) is 58.9 Å². The molecule has 2 aromatic carbocycles. The van der Waals surface area contributed by atoms with E-state index in [2.05, 4.69) is 6.92 Å². The van der Waals surface area contributed by atoms with Gasteiger partial charge in [0.25, 0.3) is 0 Å². The first-order valence-electron chi connectivity index (χ1n) is 8.68. The van der Waals surface area contributed by atoms with E-state index < -0.39 is 5.97 Å². The molecule has 0 amide bonds. The first kappa shape index (κ1) is 18.7.